The fourth-order valence-corrected chi connectivity index (χ4v) is 1.44. The molecule has 18 heavy (non-hydrogen) atoms. The van der Waals surface area contributed by atoms with Gasteiger partial charge in [-0.1, -0.05) is 0 Å². The van der Waals surface area contributed by atoms with Crippen molar-refractivity contribution in [3.8, 4) is 17.0 Å². The zero-order chi connectivity index (χ0) is 13.3. The first-order valence-corrected chi connectivity index (χ1v) is 4.73. The molecule has 1 aromatic heterocycles. The number of rotatable bonds is 1. The zero-order valence-electron chi connectivity index (χ0n) is 8.81. The van der Waals surface area contributed by atoms with Gasteiger partial charge in [0.2, 0.25) is 5.95 Å². The fourth-order valence-electron chi connectivity index (χ4n) is 1.44. The van der Waals surface area contributed by atoms with E-state index >= 15 is 0 Å². The van der Waals surface area contributed by atoms with Crippen LogP contribution < -0.4 is 5.73 Å². The third-order valence-electron chi connectivity index (χ3n) is 2.16. The summed E-state index contributed by atoms with van der Waals surface area (Å²) >= 11 is 0. The predicted octanol–water partition coefficient (Wildman–Crippen LogP) is 1.85. The van der Waals surface area contributed by atoms with Gasteiger partial charge in [-0.15, -0.1) is 5.10 Å². The number of nitrogen functional groups attached to an aromatic ring is 1. The molecule has 5 nitrogen and oxygen atoms in total. The van der Waals surface area contributed by atoms with Gasteiger partial charge >= 0.3 is 6.18 Å². The van der Waals surface area contributed by atoms with Crippen LogP contribution in [-0.4, -0.2) is 20.3 Å². The zero-order valence-corrected chi connectivity index (χ0v) is 8.81. The molecule has 0 atom stereocenters. The fraction of sp³-hybridized carbons (Fsp3) is 0.100. The Bertz CT molecular complexity index is 586. The molecule has 1 heterocycles. The van der Waals surface area contributed by atoms with E-state index in [1.807, 2.05) is 0 Å². The average Bonchev–Trinajstić information content (AvgIpc) is 2.27. The summed E-state index contributed by atoms with van der Waals surface area (Å²) in [5.74, 6) is -0.713. The molecule has 0 fully saturated rings. The Hall–Kier alpha value is -2.38. The standard InChI is InChI=1S/C10H7F3N4O/c11-10(12,13)7-3-5(18)1-2-6(7)8-4-15-17-9(14)16-8/h1-4,18H,(H2,14,16,17). The molecule has 0 aliphatic rings. The molecular weight excluding hydrogens is 249 g/mol. The van der Waals surface area contributed by atoms with Crippen molar-refractivity contribution in [2.45, 2.75) is 6.18 Å². The van der Waals surface area contributed by atoms with E-state index in [1.165, 1.54) is 0 Å². The van der Waals surface area contributed by atoms with Crippen molar-refractivity contribution in [3.05, 3.63) is 30.0 Å². The first kappa shape index (κ1) is 12.1. The summed E-state index contributed by atoms with van der Waals surface area (Å²) in [7, 11) is 0. The number of benzene rings is 1. The predicted molar refractivity (Wildman–Crippen MR) is 56.3 cm³/mol. The molecule has 0 bridgehead atoms. The van der Waals surface area contributed by atoms with Gasteiger partial charge in [-0.05, 0) is 18.2 Å². The molecule has 0 aliphatic carbocycles. The first-order valence-electron chi connectivity index (χ1n) is 4.73. The largest absolute Gasteiger partial charge is 0.508 e. The van der Waals surface area contributed by atoms with Gasteiger partial charge in [0, 0.05) is 5.56 Å². The van der Waals surface area contributed by atoms with Crippen LogP contribution in [0.4, 0.5) is 19.1 Å². The van der Waals surface area contributed by atoms with E-state index in [0.717, 1.165) is 18.3 Å². The number of hydrogen-bond donors (Lipinski definition) is 2. The molecule has 0 spiro atoms. The number of aromatic nitrogens is 3. The maximum atomic E-state index is 12.8. The number of anilines is 1. The smallest absolute Gasteiger partial charge is 0.417 e. The lowest BCUT2D eigenvalue weighted by atomic mass is 10.0. The maximum absolute atomic E-state index is 12.8. The highest BCUT2D eigenvalue weighted by molar-refractivity contribution is 5.65. The van der Waals surface area contributed by atoms with Gasteiger partial charge in [0.1, 0.15) is 5.75 Å². The van der Waals surface area contributed by atoms with Gasteiger partial charge in [-0.25, -0.2) is 4.98 Å². The highest BCUT2D eigenvalue weighted by Gasteiger charge is 2.34. The van der Waals surface area contributed by atoms with Crippen molar-refractivity contribution in [3.63, 3.8) is 0 Å². The number of halogens is 3. The van der Waals surface area contributed by atoms with E-state index in [2.05, 4.69) is 15.2 Å². The Morgan fingerprint density at radius 3 is 2.56 bits per heavy atom. The Kier molecular flexibility index (Phi) is 2.77. The van der Waals surface area contributed by atoms with Crippen LogP contribution in [0.15, 0.2) is 24.4 Å². The van der Waals surface area contributed by atoms with Crippen molar-refractivity contribution < 1.29 is 18.3 Å². The van der Waals surface area contributed by atoms with Gasteiger partial charge in [0.15, 0.2) is 0 Å². The Morgan fingerprint density at radius 1 is 1.22 bits per heavy atom. The molecule has 0 radical (unpaired) electrons. The number of hydrogen-bond acceptors (Lipinski definition) is 5. The second-order valence-electron chi connectivity index (χ2n) is 3.43. The minimum Gasteiger partial charge on any atom is -0.508 e. The van der Waals surface area contributed by atoms with Crippen molar-refractivity contribution in [2.75, 3.05) is 5.73 Å². The topological polar surface area (TPSA) is 84.9 Å². The van der Waals surface area contributed by atoms with E-state index in [4.69, 9.17) is 10.8 Å². The molecule has 0 amide bonds. The SMILES string of the molecule is Nc1nncc(-c2ccc(O)cc2C(F)(F)F)n1. The third-order valence-corrected chi connectivity index (χ3v) is 2.16. The lowest BCUT2D eigenvalue weighted by Gasteiger charge is -2.12. The summed E-state index contributed by atoms with van der Waals surface area (Å²) in [6.45, 7) is 0. The monoisotopic (exact) mass is 256 g/mol. The number of phenols is 1. The van der Waals surface area contributed by atoms with Crippen molar-refractivity contribution in [1.82, 2.24) is 15.2 Å². The normalized spacial score (nSPS) is 11.5. The van der Waals surface area contributed by atoms with Gasteiger partial charge in [0.25, 0.3) is 0 Å². The molecule has 0 saturated heterocycles. The molecule has 0 unspecified atom stereocenters. The maximum Gasteiger partial charge on any atom is 0.417 e. The number of nitrogens with two attached hydrogens (primary N) is 1. The third kappa shape index (κ3) is 2.31. The lowest BCUT2D eigenvalue weighted by molar-refractivity contribution is -0.137. The quantitative estimate of drug-likeness (QED) is 0.813. The minimum absolute atomic E-state index is 0.0603. The summed E-state index contributed by atoms with van der Waals surface area (Å²) < 4.78 is 38.4. The van der Waals surface area contributed by atoms with E-state index < -0.39 is 17.5 Å². The number of phenolic OH excluding ortho intramolecular Hbond substituents is 1. The second kappa shape index (κ2) is 4.13. The highest BCUT2D eigenvalue weighted by Crippen LogP contribution is 2.38. The minimum atomic E-state index is -4.62. The Balaban J connectivity index is 2.64. The summed E-state index contributed by atoms with van der Waals surface area (Å²) in [6.07, 6.45) is -3.55. The van der Waals surface area contributed by atoms with Crippen LogP contribution in [-0.2, 0) is 6.18 Å². The molecular formula is C10H7F3N4O. The van der Waals surface area contributed by atoms with Crippen LogP contribution in [0.25, 0.3) is 11.3 Å². The number of alkyl halides is 3. The van der Waals surface area contributed by atoms with Crippen LogP contribution in [0.3, 0.4) is 0 Å². The number of aromatic hydroxyl groups is 1. The average molecular weight is 256 g/mol. The van der Waals surface area contributed by atoms with Gasteiger partial charge in [0.05, 0.1) is 17.5 Å². The summed E-state index contributed by atoms with van der Waals surface area (Å²) in [5.41, 5.74) is 3.98. The summed E-state index contributed by atoms with van der Waals surface area (Å²) in [5, 5.41) is 15.9. The van der Waals surface area contributed by atoms with Crippen molar-refractivity contribution >= 4 is 5.95 Å². The Morgan fingerprint density at radius 2 is 1.94 bits per heavy atom. The van der Waals surface area contributed by atoms with E-state index in [9.17, 15) is 13.2 Å². The van der Waals surface area contributed by atoms with E-state index in [0.29, 0.717) is 6.07 Å². The highest BCUT2D eigenvalue weighted by atomic mass is 19.4. The molecule has 0 saturated carbocycles. The summed E-state index contributed by atoms with van der Waals surface area (Å²) in [6, 6.07) is 2.85. The van der Waals surface area contributed by atoms with Crippen molar-refractivity contribution in [1.29, 1.82) is 0 Å². The molecule has 1 aromatic carbocycles. The van der Waals surface area contributed by atoms with Crippen LogP contribution in [0, 0.1) is 0 Å². The molecule has 94 valence electrons. The lowest BCUT2D eigenvalue weighted by Crippen LogP contribution is -2.08. The molecule has 3 N–H and O–H groups in total. The van der Waals surface area contributed by atoms with E-state index in [-0.39, 0.29) is 17.2 Å². The molecule has 2 rings (SSSR count). The number of nitrogens with zero attached hydrogens (tertiary/aromatic N) is 3. The van der Waals surface area contributed by atoms with Crippen LogP contribution >= 0.6 is 0 Å². The van der Waals surface area contributed by atoms with E-state index in [1.54, 1.807) is 0 Å². The van der Waals surface area contributed by atoms with Crippen LogP contribution in [0.2, 0.25) is 0 Å². The summed E-state index contributed by atoms with van der Waals surface area (Å²) in [4.78, 5) is 3.67. The van der Waals surface area contributed by atoms with Gasteiger partial charge in [-0.3, -0.25) is 0 Å². The van der Waals surface area contributed by atoms with Crippen LogP contribution in [0.1, 0.15) is 5.56 Å². The first-order chi connectivity index (χ1) is 8.38. The molecule has 2 aromatic rings. The van der Waals surface area contributed by atoms with Gasteiger partial charge in [-0.2, -0.15) is 18.3 Å². The van der Waals surface area contributed by atoms with Crippen LogP contribution in [0.5, 0.6) is 5.75 Å². The molecule has 8 heteroatoms. The second-order valence-corrected chi connectivity index (χ2v) is 3.43. The Labute approximate surface area is 99.1 Å². The van der Waals surface area contributed by atoms with Crippen molar-refractivity contribution in [2.24, 2.45) is 0 Å². The molecule has 0 aliphatic heterocycles. The van der Waals surface area contributed by atoms with Gasteiger partial charge < -0.3 is 10.8 Å².